The van der Waals surface area contributed by atoms with Gasteiger partial charge in [0.2, 0.25) is 10.0 Å². The summed E-state index contributed by atoms with van der Waals surface area (Å²) >= 11 is 0. The molecule has 0 radical (unpaired) electrons. The van der Waals surface area contributed by atoms with Crippen LogP contribution in [-0.2, 0) is 21.2 Å². The number of hydrogen-bond donors (Lipinski definition) is 2. The predicted molar refractivity (Wildman–Crippen MR) is 127 cm³/mol. The third-order valence-electron chi connectivity index (χ3n) is 5.84. The molecule has 0 fully saturated rings. The average Bonchev–Trinajstić information content (AvgIpc) is 2.83. The van der Waals surface area contributed by atoms with Crippen molar-refractivity contribution in [1.29, 1.82) is 0 Å². The molecule has 0 aliphatic heterocycles. The molecule has 0 spiro atoms. The smallest absolute Gasteiger partial charge is 0.258 e. The average molecular weight is 465 g/mol. The van der Waals surface area contributed by atoms with E-state index in [9.17, 15) is 13.2 Å². The van der Waals surface area contributed by atoms with E-state index in [-0.39, 0.29) is 29.5 Å². The molecular weight excluding hydrogens is 436 g/mol. The van der Waals surface area contributed by atoms with Gasteiger partial charge in [-0.05, 0) is 67.1 Å². The SMILES string of the molecule is C[C@@H](NS(=O)(=O)c1ccc(OCC(=O)N[C@@H]2CCCc3ccccc32)cc1)c1ccccc1. The van der Waals surface area contributed by atoms with Crippen LogP contribution in [0.4, 0.5) is 0 Å². The Bertz CT molecular complexity index is 1190. The lowest BCUT2D eigenvalue weighted by atomic mass is 9.88. The van der Waals surface area contributed by atoms with E-state index in [1.807, 2.05) is 42.5 Å². The second-order valence-corrected chi connectivity index (χ2v) is 9.94. The van der Waals surface area contributed by atoms with Crippen molar-refractivity contribution in [2.24, 2.45) is 0 Å². The first-order valence-electron chi connectivity index (χ1n) is 11.1. The van der Waals surface area contributed by atoms with Crippen molar-refractivity contribution in [2.75, 3.05) is 6.61 Å². The third-order valence-corrected chi connectivity index (χ3v) is 7.40. The van der Waals surface area contributed by atoms with E-state index in [1.165, 1.54) is 23.3 Å². The van der Waals surface area contributed by atoms with Gasteiger partial charge in [-0.3, -0.25) is 4.79 Å². The zero-order valence-electron chi connectivity index (χ0n) is 18.5. The second-order valence-electron chi connectivity index (χ2n) is 8.22. The van der Waals surface area contributed by atoms with E-state index in [0.717, 1.165) is 24.8 Å². The van der Waals surface area contributed by atoms with Crippen molar-refractivity contribution in [3.05, 3.63) is 95.6 Å². The van der Waals surface area contributed by atoms with Gasteiger partial charge >= 0.3 is 0 Å². The van der Waals surface area contributed by atoms with Crippen LogP contribution in [0.2, 0.25) is 0 Å². The van der Waals surface area contributed by atoms with Crippen LogP contribution in [0.5, 0.6) is 5.75 Å². The molecule has 172 valence electrons. The molecule has 3 aromatic carbocycles. The van der Waals surface area contributed by atoms with Gasteiger partial charge in [-0.2, -0.15) is 0 Å². The lowest BCUT2D eigenvalue weighted by Gasteiger charge is -2.26. The van der Waals surface area contributed by atoms with Crippen molar-refractivity contribution in [1.82, 2.24) is 10.0 Å². The molecule has 7 heteroatoms. The fourth-order valence-electron chi connectivity index (χ4n) is 4.11. The molecule has 0 saturated heterocycles. The van der Waals surface area contributed by atoms with Crippen LogP contribution in [0.3, 0.4) is 0 Å². The molecular formula is C26H28N2O4S. The molecule has 33 heavy (non-hydrogen) atoms. The van der Waals surface area contributed by atoms with Gasteiger partial charge in [-0.15, -0.1) is 0 Å². The minimum Gasteiger partial charge on any atom is -0.484 e. The van der Waals surface area contributed by atoms with Crippen molar-refractivity contribution in [3.8, 4) is 5.75 Å². The molecule has 1 aliphatic carbocycles. The van der Waals surface area contributed by atoms with Gasteiger partial charge in [0.05, 0.1) is 10.9 Å². The highest BCUT2D eigenvalue weighted by atomic mass is 32.2. The Labute approximate surface area is 195 Å². The van der Waals surface area contributed by atoms with Crippen LogP contribution in [0.1, 0.15) is 48.5 Å². The van der Waals surface area contributed by atoms with Gasteiger partial charge in [-0.25, -0.2) is 13.1 Å². The molecule has 2 atom stereocenters. The van der Waals surface area contributed by atoms with E-state index in [1.54, 1.807) is 19.1 Å². The second kappa shape index (κ2) is 10.2. The van der Waals surface area contributed by atoms with E-state index < -0.39 is 10.0 Å². The first-order chi connectivity index (χ1) is 15.9. The number of sulfonamides is 1. The molecule has 6 nitrogen and oxygen atoms in total. The van der Waals surface area contributed by atoms with Crippen LogP contribution in [-0.4, -0.2) is 20.9 Å². The maximum absolute atomic E-state index is 12.7. The van der Waals surface area contributed by atoms with Crippen molar-refractivity contribution in [2.45, 2.75) is 43.2 Å². The summed E-state index contributed by atoms with van der Waals surface area (Å²) < 4.78 is 33.7. The molecule has 0 unspecified atom stereocenters. The Morgan fingerprint density at radius 1 is 1.00 bits per heavy atom. The normalized spacial score (nSPS) is 16.5. The molecule has 0 heterocycles. The number of amides is 1. The molecule has 3 aromatic rings. The molecule has 0 saturated carbocycles. The first kappa shape index (κ1) is 23.0. The van der Waals surface area contributed by atoms with Gasteiger partial charge in [-0.1, -0.05) is 54.6 Å². The molecule has 4 rings (SSSR count). The number of rotatable bonds is 8. The number of nitrogens with one attached hydrogen (secondary N) is 2. The van der Waals surface area contributed by atoms with Gasteiger partial charge in [0.25, 0.3) is 5.91 Å². The highest BCUT2D eigenvalue weighted by Crippen LogP contribution is 2.29. The lowest BCUT2D eigenvalue weighted by Crippen LogP contribution is -2.34. The number of hydrogen-bond acceptors (Lipinski definition) is 4. The van der Waals surface area contributed by atoms with Gasteiger partial charge in [0, 0.05) is 6.04 Å². The Kier molecular flexibility index (Phi) is 7.11. The molecule has 0 bridgehead atoms. The summed E-state index contributed by atoms with van der Waals surface area (Å²) in [6.45, 7) is 1.67. The third kappa shape index (κ3) is 5.80. The highest BCUT2D eigenvalue weighted by molar-refractivity contribution is 7.89. The quantitative estimate of drug-likeness (QED) is 0.521. The number of carbonyl (C=O) groups excluding carboxylic acids is 1. The van der Waals surface area contributed by atoms with Crippen LogP contribution >= 0.6 is 0 Å². The van der Waals surface area contributed by atoms with E-state index >= 15 is 0 Å². The Morgan fingerprint density at radius 3 is 2.45 bits per heavy atom. The highest BCUT2D eigenvalue weighted by Gasteiger charge is 2.22. The van der Waals surface area contributed by atoms with Gasteiger partial charge in [0.1, 0.15) is 5.75 Å². The first-order valence-corrected chi connectivity index (χ1v) is 12.6. The predicted octanol–water partition coefficient (Wildman–Crippen LogP) is 4.30. The number of aryl methyl sites for hydroxylation is 1. The Morgan fingerprint density at radius 2 is 1.70 bits per heavy atom. The fourth-order valence-corrected chi connectivity index (χ4v) is 5.35. The van der Waals surface area contributed by atoms with Crippen molar-refractivity contribution in [3.63, 3.8) is 0 Å². The summed E-state index contributed by atoms with van der Waals surface area (Å²) in [5, 5.41) is 3.05. The topological polar surface area (TPSA) is 84.5 Å². The number of carbonyl (C=O) groups is 1. The molecule has 0 aromatic heterocycles. The summed E-state index contributed by atoms with van der Waals surface area (Å²) in [5.41, 5.74) is 3.33. The minimum absolute atomic E-state index is 0.00347. The maximum Gasteiger partial charge on any atom is 0.258 e. The largest absolute Gasteiger partial charge is 0.484 e. The zero-order chi connectivity index (χ0) is 23.3. The standard InChI is InChI=1S/C26H28N2O4S/c1-19(20-8-3-2-4-9-20)28-33(30,31)23-16-14-22(15-17-23)32-18-26(29)27-25-13-7-11-21-10-5-6-12-24(21)25/h2-6,8-10,12,14-17,19,25,28H,7,11,13,18H2,1H3,(H,27,29)/t19-,25-/m1/s1. The van der Waals surface area contributed by atoms with Crippen LogP contribution in [0, 0.1) is 0 Å². The van der Waals surface area contributed by atoms with Gasteiger partial charge in [0.15, 0.2) is 6.61 Å². The number of ether oxygens (including phenoxy) is 1. The molecule has 1 aliphatic rings. The zero-order valence-corrected chi connectivity index (χ0v) is 19.3. The summed E-state index contributed by atoms with van der Waals surface area (Å²) in [5.74, 6) is 0.232. The van der Waals surface area contributed by atoms with E-state index in [4.69, 9.17) is 4.74 Å². The molecule has 1 amide bonds. The van der Waals surface area contributed by atoms with E-state index in [2.05, 4.69) is 22.2 Å². The summed E-state index contributed by atoms with van der Waals surface area (Å²) in [6, 6.07) is 23.3. The minimum atomic E-state index is -3.69. The van der Waals surface area contributed by atoms with Gasteiger partial charge < -0.3 is 10.1 Å². The number of fused-ring (bicyclic) bond motifs is 1. The number of benzene rings is 3. The van der Waals surface area contributed by atoms with Crippen molar-refractivity contribution < 1.29 is 17.9 Å². The Balaban J connectivity index is 1.32. The summed E-state index contributed by atoms with van der Waals surface area (Å²) in [4.78, 5) is 12.6. The van der Waals surface area contributed by atoms with Crippen LogP contribution < -0.4 is 14.8 Å². The maximum atomic E-state index is 12.7. The Hall–Kier alpha value is -3.16. The van der Waals surface area contributed by atoms with Crippen molar-refractivity contribution >= 4 is 15.9 Å². The fraction of sp³-hybridized carbons (Fsp3) is 0.269. The molecule has 2 N–H and O–H groups in total. The monoisotopic (exact) mass is 464 g/mol. The summed E-state index contributed by atoms with van der Waals surface area (Å²) in [7, 11) is -3.69. The van der Waals surface area contributed by atoms with E-state index in [0.29, 0.717) is 5.75 Å². The summed E-state index contributed by atoms with van der Waals surface area (Å²) in [6.07, 6.45) is 2.98. The van der Waals surface area contributed by atoms with Crippen LogP contribution in [0.15, 0.2) is 83.8 Å². The lowest BCUT2D eigenvalue weighted by molar-refractivity contribution is -0.124. The van der Waals surface area contributed by atoms with Crippen LogP contribution in [0.25, 0.3) is 0 Å².